The SMILES string of the molecule is CNC(=O)C(CCC=O)n1c(=O)n(C)c2cc(C#CCN3CCN(CC4CCCCC4)CC3)ccc21. The third-order valence-electron chi connectivity index (χ3n) is 7.75. The van der Waals surface area contributed by atoms with Crippen molar-refractivity contribution in [1.29, 1.82) is 0 Å². The monoisotopic (exact) mass is 493 g/mol. The molecule has 2 heterocycles. The Hall–Kier alpha value is -2.89. The number of carbonyl (C=O) groups excluding carboxylic acids is 2. The van der Waals surface area contributed by atoms with Crippen LogP contribution in [0.15, 0.2) is 23.0 Å². The van der Waals surface area contributed by atoms with Crippen molar-refractivity contribution >= 4 is 23.2 Å². The third-order valence-corrected chi connectivity index (χ3v) is 7.75. The quantitative estimate of drug-likeness (QED) is 0.450. The van der Waals surface area contributed by atoms with E-state index in [2.05, 4.69) is 27.0 Å². The largest absolute Gasteiger partial charge is 0.357 e. The van der Waals surface area contributed by atoms with Crippen molar-refractivity contribution in [3.63, 3.8) is 0 Å². The number of carbonyl (C=O) groups is 2. The van der Waals surface area contributed by atoms with Gasteiger partial charge in [-0.15, -0.1) is 0 Å². The molecule has 1 saturated heterocycles. The van der Waals surface area contributed by atoms with Gasteiger partial charge < -0.3 is 15.0 Å². The lowest BCUT2D eigenvalue weighted by Crippen LogP contribution is -2.47. The van der Waals surface area contributed by atoms with Gasteiger partial charge in [-0.3, -0.25) is 18.8 Å². The topological polar surface area (TPSA) is 79.6 Å². The van der Waals surface area contributed by atoms with Gasteiger partial charge in [0.2, 0.25) is 5.91 Å². The maximum absolute atomic E-state index is 13.0. The van der Waals surface area contributed by atoms with Gasteiger partial charge in [0.05, 0.1) is 17.6 Å². The van der Waals surface area contributed by atoms with Crippen LogP contribution < -0.4 is 11.0 Å². The first-order valence-corrected chi connectivity index (χ1v) is 13.3. The molecule has 1 saturated carbocycles. The zero-order chi connectivity index (χ0) is 25.5. The highest BCUT2D eigenvalue weighted by Crippen LogP contribution is 2.25. The summed E-state index contributed by atoms with van der Waals surface area (Å²) < 4.78 is 3.03. The third kappa shape index (κ3) is 6.08. The predicted molar refractivity (Wildman–Crippen MR) is 142 cm³/mol. The molecule has 194 valence electrons. The van der Waals surface area contributed by atoms with E-state index < -0.39 is 6.04 Å². The lowest BCUT2D eigenvalue weighted by Gasteiger charge is -2.36. The molecule has 2 aromatic rings. The Kier molecular flexibility index (Phi) is 9.00. The summed E-state index contributed by atoms with van der Waals surface area (Å²) in [5.74, 6) is 7.18. The molecule has 1 aromatic carbocycles. The number of aromatic nitrogens is 2. The van der Waals surface area contributed by atoms with Crippen LogP contribution in [-0.2, 0) is 16.6 Å². The number of hydrogen-bond acceptors (Lipinski definition) is 5. The van der Waals surface area contributed by atoms with E-state index >= 15 is 0 Å². The molecular weight excluding hydrogens is 454 g/mol. The Labute approximate surface area is 213 Å². The van der Waals surface area contributed by atoms with Crippen LogP contribution >= 0.6 is 0 Å². The van der Waals surface area contributed by atoms with Crippen LogP contribution in [0.5, 0.6) is 0 Å². The molecule has 1 aliphatic carbocycles. The number of nitrogens with one attached hydrogen (secondary N) is 1. The van der Waals surface area contributed by atoms with Crippen LogP contribution in [0.2, 0.25) is 0 Å². The molecule has 2 fully saturated rings. The molecular formula is C28H39N5O3. The van der Waals surface area contributed by atoms with E-state index in [1.807, 2.05) is 18.2 Å². The van der Waals surface area contributed by atoms with Crippen LogP contribution in [0.4, 0.5) is 0 Å². The summed E-state index contributed by atoms with van der Waals surface area (Å²) in [5, 5.41) is 2.61. The molecule has 1 N–H and O–H groups in total. The maximum atomic E-state index is 13.0. The minimum atomic E-state index is -0.731. The fourth-order valence-corrected chi connectivity index (χ4v) is 5.63. The number of amides is 1. The second-order valence-corrected chi connectivity index (χ2v) is 10.2. The standard InChI is InChI=1S/C28H39N5O3/c1-29-27(35)25(11-7-19-34)33-24-13-12-22(20-26(24)30(2)28(33)36)10-6-14-31-15-17-32(18-16-31)21-23-8-4-3-5-9-23/h12-13,19-20,23,25H,3-5,7-9,11,14-18,21H2,1-2H3,(H,29,35). The van der Waals surface area contributed by atoms with Crippen molar-refractivity contribution in [2.75, 3.05) is 46.3 Å². The number of benzene rings is 1. The van der Waals surface area contributed by atoms with Gasteiger partial charge >= 0.3 is 5.69 Å². The summed E-state index contributed by atoms with van der Waals surface area (Å²) in [5.41, 5.74) is 1.96. The van der Waals surface area contributed by atoms with Crippen molar-refractivity contribution in [3.8, 4) is 11.8 Å². The first-order chi connectivity index (χ1) is 17.5. The van der Waals surface area contributed by atoms with Crippen LogP contribution in [-0.4, -0.2) is 77.4 Å². The Balaban J connectivity index is 1.40. The van der Waals surface area contributed by atoms with E-state index in [0.717, 1.165) is 56.0 Å². The van der Waals surface area contributed by atoms with Gasteiger partial charge in [-0.1, -0.05) is 31.1 Å². The molecule has 0 spiro atoms. The van der Waals surface area contributed by atoms with E-state index in [1.54, 1.807) is 11.6 Å². The second-order valence-electron chi connectivity index (χ2n) is 10.2. The van der Waals surface area contributed by atoms with Gasteiger partial charge in [0.25, 0.3) is 0 Å². The first-order valence-electron chi connectivity index (χ1n) is 13.3. The van der Waals surface area contributed by atoms with Crippen LogP contribution in [0, 0.1) is 17.8 Å². The summed E-state index contributed by atoms with van der Waals surface area (Å²) in [4.78, 5) is 41.4. The van der Waals surface area contributed by atoms with Crippen molar-refractivity contribution in [1.82, 2.24) is 24.3 Å². The zero-order valence-electron chi connectivity index (χ0n) is 21.7. The van der Waals surface area contributed by atoms with Gasteiger partial charge in [0.1, 0.15) is 12.3 Å². The number of piperazine rings is 1. The van der Waals surface area contributed by atoms with Crippen molar-refractivity contribution in [2.24, 2.45) is 13.0 Å². The highest BCUT2D eigenvalue weighted by atomic mass is 16.2. The van der Waals surface area contributed by atoms with Crippen molar-refractivity contribution in [2.45, 2.75) is 51.0 Å². The molecule has 1 unspecified atom stereocenters. The number of nitrogens with zero attached hydrogens (tertiary/aromatic N) is 4. The summed E-state index contributed by atoms with van der Waals surface area (Å²) in [6, 6.07) is 4.92. The number of imidazole rings is 1. The number of hydrogen-bond donors (Lipinski definition) is 1. The first kappa shape index (κ1) is 26.2. The van der Waals surface area contributed by atoms with Gasteiger partial charge in [0, 0.05) is 58.8 Å². The van der Waals surface area contributed by atoms with E-state index in [0.29, 0.717) is 5.52 Å². The lowest BCUT2D eigenvalue weighted by atomic mass is 9.89. The highest BCUT2D eigenvalue weighted by molar-refractivity contribution is 5.84. The fraction of sp³-hybridized carbons (Fsp3) is 0.607. The number of likely N-dealkylation sites (N-methyl/N-ethyl adjacent to an activating group) is 1. The van der Waals surface area contributed by atoms with Gasteiger partial charge in [-0.05, 0) is 43.4 Å². The Bertz CT molecular complexity index is 1170. The van der Waals surface area contributed by atoms with E-state index in [9.17, 15) is 14.4 Å². The lowest BCUT2D eigenvalue weighted by molar-refractivity contribution is -0.124. The van der Waals surface area contributed by atoms with Crippen molar-refractivity contribution < 1.29 is 9.59 Å². The number of fused-ring (bicyclic) bond motifs is 1. The minimum Gasteiger partial charge on any atom is -0.357 e. The second kappa shape index (κ2) is 12.4. The van der Waals surface area contributed by atoms with Crippen LogP contribution in [0.25, 0.3) is 11.0 Å². The molecule has 2 aliphatic rings. The van der Waals surface area contributed by atoms with Gasteiger partial charge in [-0.2, -0.15) is 0 Å². The number of rotatable bonds is 8. The molecule has 1 aliphatic heterocycles. The summed E-state index contributed by atoms with van der Waals surface area (Å²) >= 11 is 0. The van der Waals surface area contributed by atoms with Gasteiger partial charge in [0.15, 0.2) is 0 Å². The van der Waals surface area contributed by atoms with Gasteiger partial charge in [-0.25, -0.2) is 4.79 Å². The molecule has 1 atom stereocenters. The van der Waals surface area contributed by atoms with Crippen LogP contribution in [0.1, 0.15) is 56.6 Å². The molecule has 0 radical (unpaired) electrons. The zero-order valence-corrected chi connectivity index (χ0v) is 21.7. The smallest absolute Gasteiger partial charge is 0.329 e. The summed E-state index contributed by atoms with van der Waals surface area (Å²) in [6.07, 6.45) is 8.27. The average molecular weight is 494 g/mol. The fourth-order valence-electron chi connectivity index (χ4n) is 5.63. The van der Waals surface area contributed by atoms with E-state index in [4.69, 9.17) is 0 Å². The average Bonchev–Trinajstić information content (AvgIpc) is 3.15. The van der Waals surface area contributed by atoms with Crippen molar-refractivity contribution in [3.05, 3.63) is 34.2 Å². The molecule has 1 aromatic heterocycles. The summed E-state index contributed by atoms with van der Waals surface area (Å²) in [6.45, 7) is 6.35. The maximum Gasteiger partial charge on any atom is 0.329 e. The Morgan fingerprint density at radius 3 is 2.53 bits per heavy atom. The Morgan fingerprint density at radius 1 is 1.11 bits per heavy atom. The van der Waals surface area contributed by atoms with E-state index in [-0.39, 0.29) is 24.4 Å². The highest BCUT2D eigenvalue weighted by Gasteiger charge is 2.25. The normalized spacial score (nSPS) is 18.5. The van der Waals surface area contributed by atoms with Crippen LogP contribution in [0.3, 0.4) is 0 Å². The molecule has 0 bridgehead atoms. The predicted octanol–water partition coefficient (Wildman–Crippen LogP) is 2.16. The number of aryl methyl sites for hydroxylation is 1. The molecule has 36 heavy (non-hydrogen) atoms. The molecule has 8 heteroatoms. The summed E-state index contributed by atoms with van der Waals surface area (Å²) in [7, 11) is 3.24. The molecule has 4 rings (SSSR count). The molecule has 1 amide bonds. The Morgan fingerprint density at radius 2 is 1.83 bits per heavy atom. The minimum absolute atomic E-state index is 0.208. The van der Waals surface area contributed by atoms with E-state index in [1.165, 1.54) is 50.3 Å². The number of aldehydes is 1. The molecule has 8 nitrogen and oxygen atoms in total.